The number of nitrogens with zero attached hydrogens (tertiary/aromatic N) is 3. The van der Waals surface area contributed by atoms with E-state index in [1.165, 1.54) is 0 Å². The third-order valence-electron chi connectivity index (χ3n) is 1.30. The highest BCUT2D eigenvalue weighted by molar-refractivity contribution is 5.38. The third-order valence-corrected chi connectivity index (χ3v) is 1.30. The summed E-state index contributed by atoms with van der Waals surface area (Å²) < 4.78 is 31.8. The fraction of sp³-hybridized carbons (Fsp3) is 0.333. The zero-order valence-corrected chi connectivity index (χ0v) is 7.39. The Balaban J connectivity index is 3.02. The molecular weight excluding hydrogens is 216 g/mol. The third kappa shape index (κ3) is 2.69. The Morgan fingerprint density at radius 3 is 2.73 bits per heavy atom. The summed E-state index contributed by atoms with van der Waals surface area (Å²) in [5.41, 5.74) is -0.529. The average molecular weight is 221 g/mol. The van der Waals surface area contributed by atoms with Gasteiger partial charge in [0.25, 0.3) is 5.88 Å². The molecular formula is C6H5F2N3O4. The number of ether oxygens (including phenoxy) is 2. The summed E-state index contributed by atoms with van der Waals surface area (Å²) >= 11 is 0. The van der Waals surface area contributed by atoms with E-state index >= 15 is 0 Å². The van der Waals surface area contributed by atoms with Crippen molar-refractivity contribution in [2.24, 2.45) is 0 Å². The lowest BCUT2D eigenvalue weighted by molar-refractivity contribution is -0.386. The van der Waals surface area contributed by atoms with Gasteiger partial charge in [0.2, 0.25) is 0 Å². The molecule has 0 aliphatic rings. The van der Waals surface area contributed by atoms with Gasteiger partial charge in [0, 0.05) is 0 Å². The molecule has 0 bridgehead atoms. The summed E-state index contributed by atoms with van der Waals surface area (Å²) in [5, 5.41) is 10.4. The van der Waals surface area contributed by atoms with Gasteiger partial charge in [-0.1, -0.05) is 0 Å². The number of halogens is 2. The van der Waals surface area contributed by atoms with Crippen LogP contribution in [-0.2, 0) is 0 Å². The van der Waals surface area contributed by atoms with Crippen molar-refractivity contribution in [2.45, 2.75) is 6.61 Å². The highest BCUT2D eigenvalue weighted by Gasteiger charge is 2.19. The van der Waals surface area contributed by atoms with Crippen molar-refractivity contribution in [3.05, 3.63) is 16.3 Å². The minimum atomic E-state index is -3.10. The minimum Gasteiger partial charge on any atom is -0.476 e. The van der Waals surface area contributed by atoms with Crippen molar-refractivity contribution in [3.8, 4) is 11.9 Å². The van der Waals surface area contributed by atoms with E-state index in [-0.39, 0.29) is 0 Å². The molecule has 0 atom stereocenters. The molecule has 0 amide bonds. The van der Waals surface area contributed by atoms with E-state index in [9.17, 15) is 18.9 Å². The number of hydrogen-bond acceptors (Lipinski definition) is 6. The first kappa shape index (κ1) is 11.0. The normalized spacial score (nSPS) is 10.1. The first-order chi connectivity index (χ1) is 7.04. The fourth-order valence-electron chi connectivity index (χ4n) is 0.757. The van der Waals surface area contributed by atoms with Gasteiger partial charge in [0.05, 0.1) is 12.0 Å². The van der Waals surface area contributed by atoms with Crippen LogP contribution < -0.4 is 9.47 Å². The molecule has 1 rings (SSSR count). The molecule has 1 aromatic rings. The summed E-state index contributed by atoms with van der Waals surface area (Å²) in [4.78, 5) is 16.1. The summed E-state index contributed by atoms with van der Waals surface area (Å²) in [5.74, 6) is -0.439. The SMILES string of the molecule is COc1nc(OC(F)F)ncc1[N+](=O)[O-]. The second-order valence-electron chi connectivity index (χ2n) is 2.18. The number of nitro groups is 1. The van der Waals surface area contributed by atoms with Crippen LogP contribution in [0, 0.1) is 10.1 Å². The number of hydrogen-bond donors (Lipinski definition) is 0. The molecule has 1 aromatic heterocycles. The van der Waals surface area contributed by atoms with Crippen molar-refractivity contribution in [2.75, 3.05) is 7.11 Å². The van der Waals surface area contributed by atoms with Crippen LogP contribution in [0.2, 0.25) is 0 Å². The monoisotopic (exact) mass is 221 g/mol. The van der Waals surface area contributed by atoms with Crippen molar-refractivity contribution >= 4 is 5.69 Å². The van der Waals surface area contributed by atoms with Crippen LogP contribution in [0.4, 0.5) is 14.5 Å². The van der Waals surface area contributed by atoms with Crippen molar-refractivity contribution < 1.29 is 23.2 Å². The van der Waals surface area contributed by atoms with E-state index in [0.29, 0.717) is 0 Å². The molecule has 0 radical (unpaired) electrons. The Bertz CT molecular complexity index is 373. The van der Waals surface area contributed by atoms with Crippen LogP contribution in [-0.4, -0.2) is 28.6 Å². The summed E-state index contributed by atoms with van der Waals surface area (Å²) in [6.07, 6.45) is 0.726. The highest BCUT2D eigenvalue weighted by Crippen LogP contribution is 2.24. The molecule has 0 aromatic carbocycles. The van der Waals surface area contributed by atoms with Gasteiger partial charge in [-0.05, 0) is 0 Å². The second kappa shape index (κ2) is 4.44. The molecule has 0 aliphatic carbocycles. The lowest BCUT2D eigenvalue weighted by Gasteiger charge is -2.03. The van der Waals surface area contributed by atoms with Crippen LogP contribution in [0.5, 0.6) is 11.9 Å². The molecule has 0 unspecified atom stereocenters. The lowest BCUT2D eigenvalue weighted by Crippen LogP contribution is -2.07. The molecule has 0 saturated heterocycles. The predicted molar refractivity (Wildman–Crippen MR) is 41.9 cm³/mol. The molecule has 82 valence electrons. The Labute approximate surface area is 81.8 Å². The van der Waals surface area contributed by atoms with E-state index in [1.807, 2.05) is 0 Å². The Morgan fingerprint density at radius 1 is 1.60 bits per heavy atom. The fourth-order valence-corrected chi connectivity index (χ4v) is 0.757. The Morgan fingerprint density at radius 2 is 2.27 bits per heavy atom. The van der Waals surface area contributed by atoms with Crippen molar-refractivity contribution in [3.63, 3.8) is 0 Å². The van der Waals surface area contributed by atoms with Gasteiger partial charge in [-0.25, -0.2) is 0 Å². The number of alkyl halides is 2. The van der Waals surface area contributed by atoms with Gasteiger partial charge in [-0.2, -0.15) is 18.7 Å². The molecule has 0 aliphatic heterocycles. The summed E-state index contributed by atoms with van der Waals surface area (Å²) in [6, 6.07) is -0.688. The van der Waals surface area contributed by atoms with E-state index < -0.39 is 29.1 Å². The van der Waals surface area contributed by atoms with Gasteiger partial charge in [-0.15, -0.1) is 0 Å². The second-order valence-corrected chi connectivity index (χ2v) is 2.18. The minimum absolute atomic E-state index is 0.439. The standard InChI is InChI=1S/C6H5F2N3O4/c1-14-4-3(11(12)13)2-9-6(10-4)15-5(7)8/h2,5H,1H3. The quantitative estimate of drug-likeness (QED) is 0.556. The molecule has 1 heterocycles. The number of aromatic nitrogens is 2. The Hall–Kier alpha value is -2.06. The van der Waals surface area contributed by atoms with Crippen LogP contribution in [0.25, 0.3) is 0 Å². The van der Waals surface area contributed by atoms with Gasteiger partial charge in [0.15, 0.2) is 0 Å². The van der Waals surface area contributed by atoms with Crippen molar-refractivity contribution in [1.29, 1.82) is 0 Å². The maximum atomic E-state index is 11.7. The molecule has 9 heteroatoms. The van der Waals surface area contributed by atoms with Crippen LogP contribution in [0.3, 0.4) is 0 Å². The topological polar surface area (TPSA) is 87.4 Å². The summed E-state index contributed by atoms with van der Waals surface area (Å²) in [7, 11) is 1.11. The van der Waals surface area contributed by atoms with E-state index in [0.717, 1.165) is 13.3 Å². The molecule has 0 saturated carbocycles. The van der Waals surface area contributed by atoms with Gasteiger partial charge in [-0.3, -0.25) is 10.1 Å². The summed E-state index contributed by atoms with van der Waals surface area (Å²) in [6.45, 7) is -3.10. The first-order valence-corrected chi connectivity index (χ1v) is 3.55. The van der Waals surface area contributed by atoms with Gasteiger partial charge < -0.3 is 9.47 Å². The smallest absolute Gasteiger partial charge is 0.389 e. The van der Waals surface area contributed by atoms with E-state index in [4.69, 9.17) is 0 Å². The largest absolute Gasteiger partial charge is 0.476 e. The maximum Gasteiger partial charge on any atom is 0.389 e. The molecule has 0 N–H and O–H groups in total. The molecule has 7 nitrogen and oxygen atoms in total. The Kier molecular flexibility index (Phi) is 3.26. The number of methoxy groups -OCH3 is 1. The predicted octanol–water partition coefficient (Wildman–Crippen LogP) is 0.995. The number of rotatable bonds is 4. The zero-order valence-electron chi connectivity index (χ0n) is 7.39. The van der Waals surface area contributed by atoms with Crippen LogP contribution in [0.15, 0.2) is 6.20 Å². The van der Waals surface area contributed by atoms with Gasteiger partial charge in [0.1, 0.15) is 6.20 Å². The first-order valence-electron chi connectivity index (χ1n) is 3.55. The van der Waals surface area contributed by atoms with E-state index in [2.05, 4.69) is 19.4 Å². The van der Waals surface area contributed by atoms with E-state index in [1.54, 1.807) is 0 Å². The maximum absolute atomic E-state index is 11.7. The average Bonchev–Trinajstić information content (AvgIpc) is 2.16. The molecule has 15 heavy (non-hydrogen) atoms. The van der Waals surface area contributed by atoms with Gasteiger partial charge >= 0.3 is 18.3 Å². The van der Waals surface area contributed by atoms with Crippen LogP contribution >= 0.6 is 0 Å². The molecule has 0 spiro atoms. The van der Waals surface area contributed by atoms with Crippen LogP contribution in [0.1, 0.15) is 0 Å². The zero-order chi connectivity index (χ0) is 11.4. The molecule has 0 fully saturated rings. The van der Waals surface area contributed by atoms with Crippen molar-refractivity contribution in [1.82, 2.24) is 9.97 Å². The highest BCUT2D eigenvalue weighted by atomic mass is 19.3. The lowest BCUT2D eigenvalue weighted by atomic mass is 10.5.